The van der Waals surface area contributed by atoms with Gasteiger partial charge in [-0.2, -0.15) is 0 Å². The van der Waals surface area contributed by atoms with Gasteiger partial charge in [0.2, 0.25) is 0 Å². The summed E-state index contributed by atoms with van der Waals surface area (Å²) in [5, 5.41) is 12.0. The van der Waals surface area contributed by atoms with Crippen LogP contribution in [0.3, 0.4) is 0 Å². The van der Waals surface area contributed by atoms with E-state index in [9.17, 15) is 4.79 Å². The van der Waals surface area contributed by atoms with Crippen LogP contribution in [-0.4, -0.2) is 47.6 Å². The summed E-state index contributed by atoms with van der Waals surface area (Å²) < 4.78 is 0.741. The Morgan fingerprint density at radius 2 is 2.29 bits per heavy atom. The van der Waals surface area contributed by atoms with Crippen LogP contribution < -0.4 is 5.32 Å². The van der Waals surface area contributed by atoms with E-state index < -0.39 is 0 Å². The Balaban J connectivity index is 3.08. The van der Waals surface area contributed by atoms with Gasteiger partial charge in [-0.25, -0.2) is 4.98 Å². The fraction of sp³-hybridized carbons (Fsp3) is 0.455. The first kappa shape index (κ1) is 13.9. The Morgan fingerprint density at radius 1 is 1.65 bits per heavy atom. The van der Waals surface area contributed by atoms with Gasteiger partial charge in [-0.1, -0.05) is 0 Å². The maximum Gasteiger partial charge on any atom is 0.257 e. The predicted octanol–water partition coefficient (Wildman–Crippen LogP) is 1.34. The van der Waals surface area contributed by atoms with Gasteiger partial charge in [-0.3, -0.25) is 4.79 Å². The van der Waals surface area contributed by atoms with Crippen molar-refractivity contribution in [3.8, 4) is 0 Å². The second kappa shape index (κ2) is 5.97. The average molecular weight is 302 g/mol. The number of anilines is 1. The Bertz CT molecular complexity index is 410. The molecule has 0 bridgehead atoms. The molecule has 0 saturated heterocycles. The monoisotopic (exact) mass is 301 g/mol. The highest BCUT2D eigenvalue weighted by molar-refractivity contribution is 9.10. The van der Waals surface area contributed by atoms with Crippen molar-refractivity contribution < 1.29 is 9.90 Å². The standard InChI is InChI=1S/C11H16BrN3O2/c1-7(6-16)14-10-9(11(17)15(2)3)4-8(12)5-13-10/h4-5,7,16H,6H2,1-3H3,(H,13,14)/t7-/m0/s1. The molecule has 0 radical (unpaired) electrons. The fourth-order valence-electron chi connectivity index (χ4n) is 1.24. The minimum atomic E-state index is -0.155. The molecular formula is C11H16BrN3O2. The number of pyridine rings is 1. The Hall–Kier alpha value is -1.14. The zero-order valence-corrected chi connectivity index (χ0v) is 11.7. The van der Waals surface area contributed by atoms with E-state index in [4.69, 9.17) is 5.11 Å². The molecule has 0 aliphatic rings. The number of aliphatic hydroxyl groups excluding tert-OH is 1. The molecule has 6 heteroatoms. The number of rotatable bonds is 4. The van der Waals surface area contributed by atoms with Crippen molar-refractivity contribution >= 4 is 27.7 Å². The molecule has 0 fully saturated rings. The van der Waals surface area contributed by atoms with Crippen LogP contribution in [0.2, 0.25) is 0 Å². The molecule has 1 amide bonds. The van der Waals surface area contributed by atoms with E-state index >= 15 is 0 Å². The molecule has 0 spiro atoms. The summed E-state index contributed by atoms with van der Waals surface area (Å²) in [5.41, 5.74) is 0.477. The maximum atomic E-state index is 11.9. The van der Waals surface area contributed by atoms with E-state index in [1.165, 1.54) is 4.90 Å². The smallest absolute Gasteiger partial charge is 0.257 e. The molecule has 2 N–H and O–H groups in total. The first-order valence-corrected chi connectivity index (χ1v) is 5.99. The largest absolute Gasteiger partial charge is 0.394 e. The highest BCUT2D eigenvalue weighted by Gasteiger charge is 2.16. The highest BCUT2D eigenvalue weighted by Crippen LogP contribution is 2.19. The van der Waals surface area contributed by atoms with E-state index in [1.807, 2.05) is 6.92 Å². The Morgan fingerprint density at radius 3 is 2.82 bits per heavy atom. The second-order valence-electron chi connectivity index (χ2n) is 3.98. The topological polar surface area (TPSA) is 65.5 Å². The third kappa shape index (κ3) is 3.67. The van der Waals surface area contributed by atoms with Crippen molar-refractivity contribution in [2.24, 2.45) is 0 Å². The van der Waals surface area contributed by atoms with E-state index in [0.29, 0.717) is 11.4 Å². The van der Waals surface area contributed by atoms with Gasteiger partial charge in [-0.05, 0) is 28.9 Å². The molecule has 5 nitrogen and oxygen atoms in total. The lowest BCUT2D eigenvalue weighted by atomic mass is 10.2. The number of halogens is 1. The summed E-state index contributed by atoms with van der Waals surface area (Å²) in [6, 6.07) is 1.55. The van der Waals surface area contributed by atoms with Crippen LogP contribution >= 0.6 is 15.9 Å². The molecule has 0 aliphatic heterocycles. The molecule has 94 valence electrons. The second-order valence-corrected chi connectivity index (χ2v) is 4.89. The summed E-state index contributed by atoms with van der Waals surface area (Å²) in [6.45, 7) is 1.79. The van der Waals surface area contributed by atoms with Crippen LogP contribution in [0.1, 0.15) is 17.3 Å². The summed E-state index contributed by atoms with van der Waals surface area (Å²) in [6.07, 6.45) is 1.61. The minimum Gasteiger partial charge on any atom is -0.394 e. The van der Waals surface area contributed by atoms with Gasteiger partial charge in [-0.15, -0.1) is 0 Å². The van der Waals surface area contributed by atoms with Crippen molar-refractivity contribution in [3.05, 3.63) is 22.3 Å². The molecular weight excluding hydrogens is 286 g/mol. The maximum absolute atomic E-state index is 11.9. The van der Waals surface area contributed by atoms with Gasteiger partial charge >= 0.3 is 0 Å². The zero-order chi connectivity index (χ0) is 13.0. The first-order chi connectivity index (χ1) is 7.95. The predicted molar refractivity (Wildman–Crippen MR) is 70.1 cm³/mol. The molecule has 0 aromatic carbocycles. The SMILES string of the molecule is C[C@@H](CO)Nc1ncc(Br)cc1C(=O)N(C)C. The lowest BCUT2D eigenvalue weighted by Gasteiger charge is -2.17. The normalized spacial score (nSPS) is 12.1. The van der Waals surface area contributed by atoms with Crippen LogP contribution in [0.15, 0.2) is 16.7 Å². The van der Waals surface area contributed by atoms with Crippen molar-refractivity contribution in [1.82, 2.24) is 9.88 Å². The van der Waals surface area contributed by atoms with Gasteiger partial charge < -0.3 is 15.3 Å². The molecule has 1 heterocycles. The first-order valence-electron chi connectivity index (χ1n) is 5.20. The quantitative estimate of drug-likeness (QED) is 0.881. The van der Waals surface area contributed by atoms with Crippen molar-refractivity contribution in [2.75, 3.05) is 26.0 Å². The van der Waals surface area contributed by atoms with Crippen LogP contribution in [0.25, 0.3) is 0 Å². The lowest BCUT2D eigenvalue weighted by molar-refractivity contribution is 0.0828. The molecule has 17 heavy (non-hydrogen) atoms. The van der Waals surface area contributed by atoms with E-state index in [2.05, 4.69) is 26.2 Å². The van der Waals surface area contributed by atoms with E-state index in [0.717, 1.165) is 4.47 Å². The lowest BCUT2D eigenvalue weighted by Crippen LogP contribution is -2.26. The number of aliphatic hydroxyl groups is 1. The van der Waals surface area contributed by atoms with Crippen LogP contribution in [0.5, 0.6) is 0 Å². The molecule has 1 aromatic heterocycles. The number of amides is 1. The van der Waals surface area contributed by atoms with Gasteiger partial charge in [0.05, 0.1) is 12.2 Å². The third-order valence-corrected chi connectivity index (χ3v) is 2.58. The number of aromatic nitrogens is 1. The number of nitrogens with zero attached hydrogens (tertiary/aromatic N) is 2. The summed E-state index contributed by atoms with van der Waals surface area (Å²) in [4.78, 5) is 17.6. The highest BCUT2D eigenvalue weighted by atomic mass is 79.9. The van der Waals surface area contributed by atoms with Gasteiger partial charge in [0, 0.05) is 30.8 Å². The summed E-state index contributed by atoms with van der Waals surface area (Å²) in [5.74, 6) is 0.347. The van der Waals surface area contributed by atoms with Gasteiger partial charge in [0.1, 0.15) is 5.82 Å². The van der Waals surface area contributed by atoms with Crippen LogP contribution in [-0.2, 0) is 0 Å². The van der Waals surface area contributed by atoms with Crippen LogP contribution in [0.4, 0.5) is 5.82 Å². The molecule has 1 aromatic rings. The van der Waals surface area contributed by atoms with Gasteiger partial charge in [0.25, 0.3) is 5.91 Å². The van der Waals surface area contributed by atoms with E-state index in [-0.39, 0.29) is 18.6 Å². The number of hydrogen-bond donors (Lipinski definition) is 2. The van der Waals surface area contributed by atoms with Gasteiger partial charge in [0.15, 0.2) is 0 Å². The molecule has 0 saturated carbocycles. The Kier molecular flexibility index (Phi) is 4.89. The van der Waals surface area contributed by atoms with Crippen LogP contribution in [0, 0.1) is 0 Å². The van der Waals surface area contributed by atoms with Crippen molar-refractivity contribution in [3.63, 3.8) is 0 Å². The molecule has 1 atom stereocenters. The van der Waals surface area contributed by atoms with E-state index in [1.54, 1.807) is 26.4 Å². The molecule has 0 aliphatic carbocycles. The average Bonchev–Trinajstić information content (AvgIpc) is 2.30. The number of carbonyl (C=O) groups excluding carboxylic acids is 1. The fourth-order valence-corrected chi connectivity index (χ4v) is 1.57. The van der Waals surface area contributed by atoms with Crippen molar-refractivity contribution in [2.45, 2.75) is 13.0 Å². The third-order valence-electron chi connectivity index (χ3n) is 2.15. The number of nitrogens with one attached hydrogen (secondary N) is 1. The number of hydrogen-bond acceptors (Lipinski definition) is 4. The molecule has 0 unspecified atom stereocenters. The summed E-state index contributed by atoms with van der Waals surface area (Å²) in [7, 11) is 3.37. The Labute approximate surface area is 109 Å². The zero-order valence-electron chi connectivity index (χ0n) is 10.1. The summed E-state index contributed by atoms with van der Waals surface area (Å²) >= 11 is 3.29. The molecule has 1 rings (SSSR count). The minimum absolute atomic E-state index is 0.0205. The van der Waals surface area contributed by atoms with Crippen molar-refractivity contribution in [1.29, 1.82) is 0 Å². The number of carbonyl (C=O) groups is 1.